The lowest BCUT2D eigenvalue weighted by Gasteiger charge is -2.15. The third-order valence-corrected chi connectivity index (χ3v) is 2.38. The van der Waals surface area contributed by atoms with Crippen molar-refractivity contribution < 1.29 is 4.79 Å². The average molecular weight is 156 g/mol. The van der Waals surface area contributed by atoms with Crippen LogP contribution in [0, 0.1) is 11.8 Å². The van der Waals surface area contributed by atoms with Gasteiger partial charge in [0.25, 0.3) is 0 Å². The summed E-state index contributed by atoms with van der Waals surface area (Å²) in [4.78, 5) is 12.7. The molecule has 1 amide bonds. The lowest BCUT2D eigenvalue weighted by atomic mass is 10.3. The van der Waals surface area contributed by atoms with E-state index in [4.69, 9.17) is 5.73 Å². The molecule has 0 spiro atoms. The number of amides is 1. The predicted molar refractivity (Wildman–Crippen MR) is 44.0 cm³/mol. The molecule has 0 aromatic carbocycles. The number of carbonyl (C=O) groups excluding carboxylic acids is 1. The maximum atomic E-state index is 11.0. The summed E-state index contributed by atoms with van der Waals surface area (Å²) in [5.41, 5.74) is 5.21. The topological polar surface area (TPSA) is 46.3 Å². The third-order valence-electron chi connectivity index (χ3n) is 2.38. The van der Waals surface area contributed by atoms with Crippen LogP contribution in [-0.4, -0.2) is 30.9 Å². The van der Waals surface area contributed by atoms with E-state index in [9.17, 15) is 4.79 Å². The first-order valence-corrected chi connectivity index (χ1v) is 4.09. The van der Waals surface area contributed by atoms with Gasteiger partial charge in [0.2, 0.25) is 5.91 Å². The van der Waals surface area contributed by atoms with Crippen molar-refractivity contribution in [3.05, 3.63) is 0 Å². The molecule has 3 heteroatoms. The fraction of sp³-hybridized carbons (Fsp3) is 0.875. The van der Waals surface area contributed by atoms with Gasteiger partial charge in [0.1, 0.15) is 0 Å². The van der Waals surface area contributed by atoms with Gasteiger partial charge >= 0.3 is 0 Å². The molecule has 0 aliphatic heterocycles. The van der Waals surface area contributed by atoms with Crippen molar-refractivity contribution in [2.45, 2.75) is 13.3 Å². The van der Waals surface area contributed by atoms with Gasteiger partial charge in [-0.05, 0) is 18.3 Å². The number of likely N-dealkylation sites (N-methyl/N-ethyl adjacent to an activating group) is 1. The molecule has 2 N–H and O–H groups in total. The van der Waals surface area contributed by atoms with Gasteiger partial charge in [-0.25, -0.2) is 0 Å². The van der Waals surface area contributed by atoms with Crippen LogP contribution in [-0.2, 0) is 4.79 Å². The van der Waals surface area contributed by atoms with Crippen molar-refractivity contribution in [3.8, 4) is 0 Å². The molecule has 3 nitrogen and oxygen atoms in total. The molecule has 1 saturated carbocycles. The summed E-state index contributed by atoms with van der Waals surface area (Å²) in [5.74, 6) is 1.59. The van der Waals surface area contributed by atoms with E-state index < -0.39 is 0 Å². The highest BCUT2D eigenvalue weighted by molar-refractivity contribution is 5.77. The quantitative estimate of drug-likeness (QED) is 0.628. The van der Waals surface area contributed by atoms with Gasteiger partial charge < -0.3 is 10.6 Å². The fourth-order valence-electron chi connectivity index (χ4n) is 1.26. The van der Waals surface area contributed by atoms with Gasteiger partial charge in [-0.15, -0.1) is 0 Å². The Kier molecular flexibility index (Phi) is 2.49. The molecule has 2 atom stereocenters. The number of hydrogen-bond acceptors (Lipinski definition) is 2. The molecule has 0 bridgehead atoms. The van der Waals surface area contributed by atoms with E-state index in [-0.39, 0.29) is 12.5 Å². The molecular weight excluding hydrogens is 140 g/mol. The minimum absolute atomic E-state index is 0.0455. The predicted octanol–water partition coefficient (Wildman–Crippen LogP) is 0.0595. The van der Waals surface area contributed by atoms with Crippen LogP contribution in [0.15, 0.2) is 0 Å². The number of nitrogens with two attached hydrogens (primary N) is 1. The van der Waals surface area contributed by atoms with Crippen LogP contribution in [0.3, 0.4) is 0 Å². The monoisotopic (exact) mass is 156 g/mol. The van der Waals surface area contributed by atoms with E-state index in [1.165, 1.54) is 6.42 Å². The summed E-state index contributed by atoms with van der Waals surface area (Å²) in [5, 5.41) is 0. The normalized spacial score (nSPS) is 28.3. The van der Waals surface area contributed by atoms with Crippen LogP contribution in [0.4, 0.5) is 0 Å². The number of hydrogen-bond donors (Lipinski definition) is 1. The molecule has 1 rings (SSSR count). The molecule has 64 valence electrons. The maximum absolute atomic E-state index is 11.0. The van der Waals surface area contributed by atoms with Crippen molar-refractivity contribution in [3.63, 3.8) is 0 Å². The lowest BCUT2D eigenvalue weighted by molar-refractivity contribution is -0.128. The average Bonchev–Trinajstić information content (AvgIpc) is 2.65. The number of carbonyl (C=O) groups is 1. The van der Waals surface area contributed by atoms with Crippen LogP contribution >= 0.6 is 0 Å². The summed E-state index contributed by atoms with van der Waals surface area (Å²) in [6, 6.07) is 0. The van der Waals surface area contributed by atoms with Crippen molar-refractivity contribution in [2.24, 2.45) is 17.6 Å². The largest absolute Gasteiger partial charge is 0.344 e. The molecule has 1 aliphatic carbocycles. The molecule has 1 aliphatic rings. The van der Waals surface area contributed by atoms with Gasteiger partial charge in [-0.1, -0.05) is 6.92 Å². The van der Waals surface area contributed by atoms with Crippen LogP contribution in [0.1, 0.15) is 13.3 Å². The first-order valence-electron chi connectivity index (χ1n) is 4.09. The van der Waals surface area contributed by atoms with Gasteiger partial charge in [-0.3, -0.25) is 4.79 Å². The van der Waals surface area contributed by atoms with E-state index in [1.54, 1.807) is 4.90 Å². The minimum Gasteiger partial charge on any atom is -0.344 e. The summed E-state index contributed by atoms with van der Waals surface area (Å²) < 4.78 is 0. The van der Waals surface area contributed by atoms with E-state index in [0.29, 0.717) is 0 Å². The molecule has 0 heterocycles. The van der Waals surface area contributed by atoms with Crippen LogP contribution in [0.25, 0.3) is 0 Å². The Labute approximate surface area is 67.5 Å². The van der Waals surface area contributed by atoms with E-state index in [1.807, 2.05) is 7.05 Å². The van der Waals surface area contributed by atoms with Crippen molar-refractivity contribution in [1.29, 1.82) is 0 Å². The van der Waals surface area contributed by atoms with Gasteiger partial charge in [-0.2, -0.15) is 0 Å². The molecule has 11 heavy (non-hydrogen) atoms. The summed E-state index contributed by atoms with van der Waals surface area (Å²) in [7, 11) is 1.82. The second-order valence-corrected chi connectivity index (χ2v) is 3.45. The smallest absolute Gasteiger partial charge is 0.236 e. The summed E-state index contributed by atoms with van der Waals surface area (Å²) >= 11 is 0. The van der Waals surface area contributed by atoms with Gasteiger partial charge in [0, 0.05) is 13.6 Å². The maximum Gasteiger partial charge on any atom is 0.236 e. The molecular formula is C8H16N2O. The van der Waals surface area contributed by atoms with Crippen LogP contribution < -0.4 is 5.73 Å². The minimum atomic E-state index is 0.0455. The number of rotatable bonds is 3. The molecule has 0 saturated heterocycles. The van der Waals surface area contributed by atoms with E-state index in [2.05, 4.69) is 6.92 Å². The second-order valence-electron chi connectivity index (χ2n) is 3.45. The first kappa shape index (κ1) is 8.53. The number of nitrogens with zero attached hydrogens (tertiary/aromatic N) is 1. The molecule has 0 radical (unpaired) electrons. The Hall–Kier alpha value is -0.570. The standard InChI is InChI=1S/C8H16N2O/c1-6-3-7(6)5-10(2)8(11)4-9/h6-7H,3-5,9H2,1-2H3. The van der Waals surface area contributed by atoms with E-state index in [0.717, 1.165) is 18.4 Å². The zero-order valence-electron chi connectivity index (χ0n) is 7.21. The Balaban J connectivity index is 2.20. The Bertz CT molecular complexity index is 158. The highest BCUT2D eigenvalue weighted by Crippen LogP contribution is 2.37. The molecule has 0 aromatic heterocycles. The Morgan fingerprint density at radius 3 is 2.64 bits per heavy atom. The lowest BCUT2D eigenvalue weighted by Crippen LogP contribution is -2.34. The zero-order chi connectivity index (χ0) is 8.43. The Morgan fingerprint density at radius 1 is 1.73 bits per heavy atom. The molecule has 0 aromatic rings. The van der Waals surface area contributed by atoms with Gasteiger partial charge in [0.15, 0.2) is 0 Å². The second kappa shape index (κ2) is 3.22. The van der Waals surface area contributed by atoms with Crippen molar-refractivity contribution >= 4 is 5.91 Å². The fourth-order valence-corrected chi connectivity index (χ4v) is 1.26. The SMILES string of the molecule is CC1CC1CN(C)C(=O)CN. The van der Waals surface area contributed by atoms with Crippen molar-refractivity contribution in [2.75, 3.05) is 20.1 Å². The summed E-state index contributed by atoms with van der Waals surface area (Å²) in [6.45, 7) is 3.24. The Morgan fingerprint density at radius 2 is 2.27 bits per heavy atom. The highest BCUT2D eigenvalue weighted by atomic mass is 16.2. The first-order chi connectivity index (χ1) is 5.15. The van der Waals surface area contributed by atoms with Gasteiger partial charge in [0.05, 0.1) is 6.54 Å². The van der Waals surface area contributed by atoms with Crippen LogP contribution in [0.5, 0.6) is 0 Å². The molecule has 1 fully saturated rings. The van der Waals surface area contributed by atoms with E-state index >= 15 is 0 Å². The molecule has 2 unspecified atom stereocenters. The third kappa shape index (κ3) is 2.19. The van der Waals surface area contributed by atoms with Crippen LogP contribution in [0.2, 0.25) is 0 Å². The van der Waals surface area contributed by atoms with Crippen molar-refractivity contribution in [1.82, 2.24) is 4.90 Å². The highest BCUT2D eigenvalue weighted by Gasteiger charge is 2.33. The summed E-state index contributed by atoms with van der Waals surface area (Å²) in [6.07, 6.45) is 1.27. The zero-order valence-corrected chi connectivity index (χ0v) is 7.21.